The lowest BCUT2D eigenvalue weighted by Crippen LogP contribution is -2.39. The minimum atomic E-state index is -5.19. The predicted octanol–water partition coefficient (Wildman–Crippen LogP) is 0.774. The number of hydrogen-bond donors (Lipinski definition) is 2. The first-order chi connectivity index (χ1) is 11.8. The first-order valence-corrected chi connectivity index (χ1v) is 7.49. The Balaban J connectivity index is 1.84. The third-order valence-corrected chi connectivity index (χ3v) is 3.64. The van der Waals surface area contributed by atoms with Crippen LogP contribution in [0, 0.1) is 5.92 Å². The molecule has 3 N–H and O–H groups in total. The summed E-state index contributed by atoms with van der Waals surface area (Å²) in [4.78, 5) is 23.3. The van der Waals surface area contributed by atoms with Crippen LogP contribution in [0.25, 0.3) is 0 Å². The monoisotopic (exact) mass is 363 g/mol. The Labute approximate surface area is 139 Å². The quantitative estimate of drug-likeness (QED) is 0.794. The van der Waals surface area contributed by atoms with E-state index in [-0.39, 0.29) is 17.5 Å². The van der Waals surface area contributed by atoms with Gasteiger partial charge in [0, 0.05) is 0 Å². The number of aromatic nitrogens is 2. The molecular weight excluding hydrogens is 347 g/mol. The van der Waals surface area contributed by atoms with Gasteiger partial charge in [-0.3, -0.25) is 0 Å². The molecule has 0 saturated heterocycles. The highest BCUT2D eigenvalue weighted by Crippen LogP contribution is 2.33. The van der Waals surface area contributed by atoms with Gasteiger partial charge in [-0.25, -0.2) is 4.79 Å². The van der Waals surface area contributed by atoms with E-state index in [1.165, 1.54) is 0 Å². The number of nitrogens with one attached hydrogen (secondary N) is 1. The van der Waals surface area contributed by atoms with Crippen molar-refractivity contribution in [1.29, 1.82) is 0 Å². The summed E-state index contributed by atoms with van der Waals surface area (Å²) in [6.45, 7) is 0.381. The van der Waals surface area contributed by atoms with Gasteiger partial charge in [0.15, 0.2) is 0 Å². The molecule has 3 rings (SSSR count). The molecule has 12 heteroatoms. The third-order valence-electron chi connectivity index (χ3n) is 3.64. The molecule has 0 radical (unpaired) electrons. The summed E-state index contributed by atoms with van der Waals surface area (Å²) >= 11 is 0. The van der Waals surface area contributed by atoms with Crippen molar-refractivity contribution < 1.29 is 32.3 Å². The van der Waals surface area contributed by atoms with Gasteiger partial charge in [-0.05, 0) is 12.3 Å². The molecule has 25 heavy (non-hydrogen) atoms. The van der Waals surface area contributed by atoms with Crippen molar-refractivity contribution in [1.82, 2.24) is 15.0 Å². The van der Waals surface area contributed by atoms with Crippen LogP contribution in [-0.2, 0) is 9.53 Å². The number of amidine groups is 1. The van der Waals surface area contributed by atoms with E-state index < -0.39 is 24.3 Å². The van der Waals surface area contributed by atoms with Crippen LogP contribution < -0.4 is 20.6 Å². The topological polar surface area (TPSA) is 113 Å². The molecular formula is C13H16F3N5O4. The molecule has 1 aromatic heterocycles. The van der Waals surface area contributed by atoms with E-state index in [0.717, 1.165) is 26.4 Å². The number of carbonyl (C=O) groups is 1. The molecule has 1 saturated carbocycles. The molecule has 1 atom stereocenters. The lowest BCUT2D eigenvalue weighted by atomic mass is 10.3. The van der Waals surface area contributed by atoms with Gasteiger partial charge in [-0.2, -0.15) is 23.1 Å². The number of rotatable bonds is 5. The summed E-state index contributed by atoms with van der Waals surface area (Å²) < 4.78 is 48.1. The summed E-state index contributed by atoms with van der Waals surface area (Å²) in [6.07, 6.45) is -2.95. The fourth-order valence-electron chi connectivity index (χ4n) is 2.18. The van der Waals surface area contributed by atoms with Crippen molar-refractivity contribution in [3.63, 3.8) is 0 Å². The highest BCUT2D eigenvalue weighted by Gasteiger charge is 2.43. The second kappa shape index (κ2) is 6.43. The second-order valence-corrected chi connectivity index (χ2v) is 5.60. The molecule has 9 nitrogen and oxygen atoms in total. The first kappa shape index (κ1) is 17.3. The van der Waals surface area contributed by atoms with Crippen molar-refractivity contribution in [2.75, 3.05) is 13.7 Å². The summed E-state index contributed by atoms with van der Waals surface area (Å²) in [6, 6.07) is -0.393. The molecule has 1 aromatic rings. The van der Waals surface area contributed by atoms with Gasteiger partial charge in [-0.15, -0.1) is 4.73 Å². The molecule has 0 spiro atoms. The summed E-state index contributed by atoms with van der Waals surface area (Å²) in [5.41, 5.74) is 5.92. The minimum Gasteiger partial charge on any atom is -0.466 e. The van der Waals surface area contributed by atoms with Crippen LogP contribution in [0.1, 0.15) is 31.1 Å². The molecule has 1 unspecified atom stereocenters. The Morgan fingerprint density at radius 2 is 2.16 bits per heavy atom. The number of halogens is 3. The van der Waals surface area contributed by atoms with Crippen LogP contribution in [0.15, 0.2) is 4.99 Å². The molecule has 138 valence electrons. The Kier molecular flexibility index (Phi) is 4.45. The van der Waals surface area contributed by atoms with E-state index >= 15 is 0 Å². The van der Waals surface area contributed by atoms with Gasteiger partial charge >= 0.3 is 18.2 Å². The largest absolute Gasteiger partial charge is 0.493 e. The molecule has 1 aliphatic heterocycles. The summed E-state index contributed by atoms with van der Waals surface area (Å²) in [5, 5.41) is 2.73. The maximum atomic E-state index is 12.5. The Morgan fingerprint density at radius 3 is 2.76 bits per heavy atom. The highest BCUT2D eigenvalue weighted by molar-refractivity contribution is 5.80. The van der Waals surface area contributed by atoms with E-state index in [0.29, 0.717) is 17.3 Å². The lowest BCUT2D eigenvalue weighted by Gasteiger charge is -2.20. The van der Waals surface area contributed by atoms with Crippen LogP contribution >= 0.6 is 0 Å². The van der Waals surface area contributed by atoms with Crippen molar-refractivity contribution in [2.24, 2.45) is 16.6 Å². The number of methoxy groups -OCH3 is 1. The van der Waals surface area contributed by atoms with Crippen molar-refractivity contribution in [3.8, 4) is 6.01 Å². The van der Waals surface area contributed by atoms with E-state index in [2.05, 4.69) is 20.1 Å². The van der Waals surface area contributed by atoms with Gasteiger partial charge in [0.1, 0.15) is 11.9 Å². The number of aliphatic imine (C=N–C) groups is 1. The highest BCUT2D eigenvalue weighted by atomic mass is 19.4. The average Bonchev–Trinajstić information content (AvgIpc) is 3.28. The van der Waals surface area contributed by atoms with Gasteiger partial charge in [0.25, 0.3) is 6.02 Å². The molecule has 1 fully saturated rings. The number of alkyl halides is 3. The zero-order chi connectivity index (χ0) is 18.2. The van der Waals surface area contributed by atoms with Gasteiger partial charge in [-0.1, -0.05) is 12.8 Å². The van der Waals surface area contributed by atoms with E-state index in [9.17, 15) is 18.0 Å². The van der Waals surface area contributed by atoms with Crippen LogP contribution in [0.4, 0.5) is 19.0 Å². The van der Waals surface area contributed by atoms with Crippen LogP contribution in [-0.4, -0.2) is 41.6 Å². The van der Waals surface area contributed by atoms with E-state index in [4.69, 9.17) is 15.2 Å². The minimum absolute atomic E-state index is 0.00695. The summed E-state index contributed by atoms with van der Waals surface area (Å²) in [5.74, 6) is -2.02. The van der Waals surface area contributed by atoms with Crippen LogP contribution in [0.5, 0.6) is 6.01 Å². The Bertz CT molecular complexity index is 699. The van der Waals surface area contributed by atoms with Gasteiger partial charge in [0.2, 0.25) is 5.82 Å². The molecule has 0 aromatic carbocycles. The SMILES string of the molecule is COc1nc2c(n1OC(=O)C(F)(F)F)N=C(OCCC1CC1)NC2N. The number of nitrogens with two attached hydrogens (primary N) is 1. The second-order valence-electron chi connectivity index (χ2n) is 5.60. The number of ether oxygens (including phenoxy) is 2. The first-order valence-electron chi connectivity index (χ1n) is 7.49. The van der Waals surface area contributed by atoms with Crippen molar-refractivity contribution in [3.05, 3.63) is 5.69 Å². The predicted molar refractivity (Wildman–Crippen MR) is 76.9 cm³/mol. The zero-order valence-electron chi connectivity index (χ0n) is 13.2. The molecule has 1 aliphatic carbocycles. The normalized spacial score (nSPS) is 19.6. The number of fused-ring (bicyclic) bond motifs is 1. The van der Waals surface area contributed by atoms with Crippen LogP contribution in [0.2, 0.25) is 0 Å². The van der Waals surface area contributed by atoms with Crippen LogP contribution in [0.3, 0.4) is 0 Å². The van der Waals surface area contributed by atoms with Gasteiger partial charge in [0.05, 0.1) is 13.7 Å². The number of imidazole rings is 1. The summed E-state index contributed by atoms with van der Waals surface area (Å²) in [7, 11) is 1.15. The smallest absolute Gasteiger partial charge is 0.466 e. The van der Waals surface area contributed by atoms with Crippen molar-refractivity contribution in [2.45, 2.75) is 31.6 Å². The van der Waals surface area contributed by atoms with E-state index in [1.54, 1.807) is 0 Å². The fraction of sp³-hybridized carbons (Fsp3) is 0.615. The van der Waals surface area contributed by atoms with Crippen molar-refractivity contribution >= 4 is 17.8 Å². The number of carbonyl (C=O) groups excluding carboxylic acids is 1. The number of nitrogens with zero attached hydrogens (tertiary/aromatic N) is 3. The van der Waals surface area contributed by atoms with Gasteiger partial charge < -0.3 is 25.4 Å². The maximum Gasteiger partial charge on any atom is 0.493 e. The Hall–Kier alpha value is -2.50. The lowest BCUT2D eigenvalue weighted by molar-refractivity contribution is -0.200. The molecule has 0 amide bonds. The Morgan fingerprint density at radius 1 is 1.44 bits per heavy atom. The zero-order valence-corrected chi connectivity index (χ0v) is 13.2. The standard InChI is InChI=1S/C13H16F3N5O4/c1-23-12-18-7-8(17)19-11(24-5-4-6-2-3-6)20-9(7)21(12)25-10(22)13(14,15)16/h6,8H,2-5,17H2,1H3,(H,19,20). The number of hydrogen-bond acceptors (Lipinski definition) is 8. The van der Waals surface area contributed by atoms with E-state index in [1.807, 2.05) is 0 Å². The maximum absolute atomic E-state index is 12.5. The molecule has 0 bridgehead atoms. The third kappa shape index (κ3) is 3.78. The average molecular weight is 363 g/mol. The molecule has 2 aliphatic rings. The fourth-order valence-corrected chi connectivity index (χ4v) is 2.18. The molecule has 2 heterocycles.